The van der Waals surface area contributed by atoms with Gasteiger partial charge in [-0.2, -0.15) is 5.10 Å². The lowest BCUT2D eigenvalue weighted by atomic mass is 10.0. The van der Waals surface area contributed by atoms with Gasteiger partial charge in [0.25, 0.3) is 5.91 Å². The Bertz CT molecular complexity index is 802. The summed E-state index contributed by atoms with van der Waals surface area (Å²) in [6.45, 7) is 0.453. The molecule has 5 nitrogen and oxygen atoms in total. The SMILES string of the molecule is Cn1ncc(C(=O)NCc2cccc3ccccc23)c1N. The largest absolute Gasteiger partial charge is 0.383 e. The summed E-state index contributed by atoms with van der Waals surface area (Å²) in [5.41, 5.74) is 7.28. The lowest BCUT2D eigenvalue weighted by Crippen LogP contribution is -2.23. The van der Waals surface area contributed by atoms with Gasteiger partial charge in [0.05, 0.1) is 6.20 Å². The van der Waals surface area contributed by atoms with Crippen LogP contribution < -0.4 is 11.1 Å². The summed E-state index contributed by atoms with van der Waals surface area (Å²) in [6.07, 6.45) is 1.48. The standard InChI is InChI=1S/C16H16N4O/c1-20-15(17)14(10-19-20)16(21)18-9-12-7-4-6-11-5-2-3-8-13(11)12/h2-8,10H,9,17H2,1H3,(H,18,21). The molecule has 1 aromatic heterocycles. The molecule has 3 N–H and O–H groups in total. The Labute approximate surface area is 122 Å². The van der Waals surface area contributed by atoms with Gasteiger partial charge in [-0.1, -0.05) is 42.5 Å². The number of nitrogens with two attached hydrogens (primary N) is 1. The van der Waals surface area contributed by atoms with Crippen molar-refractivity contribution in [1.82, 2.24) is 15.1 Å². The van der Waals surface area contributed by atoms with E-state index in [2.05, 4.69) is 28.6 Å². The molecule has 1 heterocycles. The van der Waals surface area contributed by atoms with E-state index in [0.29, 0.717) is 17.9 Å². The highest BCUT2D eigenvalue weighted by molar-refractivity contribution is 5.98. The van der Waals surface area contributed by atoms with Crippen molar-refractivity contribution < 1.29 is 4.79 Å². The van der Waals surface area contributed by atoms with Crippen molar-refractivity contribution in [1.29, 1.82) is 0 Å². The summed E-state index contributed by atoms with van der Waals surface area (Å²) in [5.74, 6) is 0.152. The van der Waals surface area contributed by atoms with Crippen LogP contribution in [0.3, 0.4) is 0 Å². The lowest BCUT2D eigenvalue weighted by molar-refractivity contribution is 0.0952. The number of benzene rings is 2. The molecule has 0 unspecified atom stereocenters. The molecule has 0 aliphatic heterocycles. The van der Waals surface area contributed by atoms with Gasteiger partial charge in [0.2, 0.25) is 0 Å². The summed E-state index contributed by atoms with van der Waals surface area (Å²) >= 11 is 0. The molecule has 0 aliphatic rings. The van der Waals surface area contributed by atoms with Crippen molar-refractivity contribution in [3.63, 3.8) is 0 Å². The zero-order chi connectivity index (χ0) is 14.8. The molecule has 0 aliphatic carbocycles. The molecule has 0 spiro atoms. The predicted octanol–water partition coefficient (Wildman–Crippen LogP) is 2.09. The van der Waals surface area contributed by atoms with Gasteiger partial charge in [0.1, 0.15) is 11.4 Å². The van der Waals surface area contributed by atoms with E-state index < -0.39 is 0 Å². The first-order chi connectivity index (χ1) is 10.2. The fourth-order valence-corrected chi connectivity index (χ4v) is 2.34. The van der Waals surface area contributed by atoms with Crippen LogP contribution in [0.2, 0.25) is 0 Å². The molecule has 0 saturated heterocycles. The number of hydrogen-bond acceptors (Lipinski definition) is 3. The van der Waals surface area contributed by atoms with Gasteiger partial charge in [-0.3, -0.25) is 9.48 Å². The zero-order valence-electron chi connectivity index (χ0n) is 11.7. The second-order valence-electron chi connectivity index (χ2n) is 4.89. The normalized spacial score (nSPS) is 10.7. The number of nitrogens with zero attached hydrogens (tertiary/aromatic N) is 2. The quantitative estimate of drug-likeness (QED) is 0.771. The number of anilines is 1. The van der Waals surface area contributed by atoms with Crippen LogP contribution >= 0.6 is 0 Å². The highest BCUT2D eigenvalue weighted by Crippen LogP contribution is 2.18. The van der Waals surface area contributed by atoms with Crippen molar-refractivity contribution in [2.24, 2.45) is 7.05 Å². The number of nitrogens with one attached hydrogen (secondary N) is 1. The highest BCUT2D eigenvalue weighted by atomic mass is 16.1. The summed E-state index contributed by atoms with van der Waals surface area (Å²) in [7, 11) is 1.71. The number of rotatable bonds is 3. The minimum Gasteiger partial charge on any atom is -0.383 e. The number of aromatic nitrogens is 2. The van der Waals surface area contributed by atoms with Crippen LogP contribution in [0.25, 0.3) is 10.8 Å². The van der Waals surface area contributed by atoms with Crippen LogP contribution in [-0.2, 0) is 13.6 Å². The van der Waals surface area contributed by atoms with Crippen molar-refractivity contribution in [2.45, 2.75) is 6.54 Å². The maximum absolute atomic E-state index is 12.1. The molecule has 0 atom stereocenters. The first-order valence-corrected chi connectivity index (χ1v) is 6.69. The average molecular weight is 280 g/mol. The second kappa shape index (κ2) is 5.28. The van der Waals surface area contributed by atoms with Gasteiger partial charge in [-0.25, -0.2) is 0 Å². The van der Waals surface area contributed by atoms with Crippen LogP contribution in [0.5, 0.6) is 0 Å². The fourth-order valence-electron chi connectivity index (χ4n) is 2.34. The Morgan fingerprint density at radius 3 is 2.76 bits per heavy atom. The molecule has 106 valence electrons. The first-order valence-electron chi connectivity index (χ1n) is 6.69. The highest BCUT2D eigenvalue weighted by Gasteiger charge is 2.13. The van der Waals surface area contributed by atoms with Gasteiger partial charge < -0.3 is 11.1 Å². The number of carbonyl (C=O) groups is 1. The molecule has 0 radical (unpaired) electrons. The van der Waals surface area contributed by atoms with Crippen molar-refractivity contribution in [3.05, 3.63) is 59.8 Å². The molecule has 21 heavy (non-hydrogen) atoms. The number of fused-ring (bicyclic) bond motifs is 1. The molecule has 0 saturated carbocycles. The zero-order valence-corrected chi connectivity index (χ0v) is 11.7. The predicted molar refractivity (Wildman–Crippen MR) is 82.7 cm³/mol. The third kappa shape index (κ3) is 2.45. The maximum atomic E-state index is 12.1. The van der Waals surface area contributed by atoms with E-state index in [9.17, 15) is 4.79 Å². The van der Waals surface area contributed by atoms with E-state index in [1.807, 2.05) is 24.3 Å². The molecular weight excluding hydrogens is 264 g/mol. The van der Waals surface area contributed by atoms with E-state index in [-0.39, 0.29) is 5.91 Å². The lowest BCUT2D eigenvalue weighted by Gasteiger charge is -2.08. The number of nitrogen functional groups attached to an aromatic ring is 1. The Morgan fingerprint density at radius 1 is 1.24 bits per heavy atom. The van der Waals surface area contributed by atoms with Crippen LogP contribution in [0.4, 0.5) is 5.82 Å². The van der Waals surface area contributed by atoms with Gasteiger partial charge in [0, 0.05) is 13.6 Å². The monoisotopic (exact) mass is 280 g/mol. The van der Waals surface area contributed by atoms with Gasteiger partial charge in [-0.15, -0.1) is 0 Å². The van der Waals surface area contributed by atoms with E-state index in [1.54, 1.807) is 7.05 Å². The first kappa shape index (κ1) is 13.2. The Morgan fingerprint density at radius 2 is 2.00 bits per heavy atom. The summed E-state index contributed by atoms with van der Waals surface area (Å²) in [4.78, 5) is 12.1. The average Bonchev–Trinajstić information content (AvgIpc) is 2.84. The third-order valence-electron chi connectivity index (χ3n) is 3.55. The van der Waals surface area contributed by atoms with E-state index >= 15 is 0 Å². The Balaban J connectivity index is 1.81. The molecule has 3 aromatic rings. The number of hydrogen-bond donors (Lipinski definition) is 2. The van der Waals surface area contributed by atoms with Crippen LogP contribution in [0.15, 0.2) is 48.7 Å². The molecule has 3 rings (SSSR count). The van der Waals surface area contributed by atoms with E-state index in [0.717, 1.165) is 16.3 Å². The van der Waals surface area contributed by atoms with Gasteiger partial charge >= 0.3 is 0 Å². The summed E-state index contributed by atoms with van der Waals surface area (Å²) < 4.78 is 1.48. The van der Waals surface area contributed by atoms with Crippen LogP contribution in [0, 0.1) is 0 Å². The Hall–Kier alpha value is -2.82. The molecular formula is C16H16N4O. The minimum absolute atomic E-state index is 0.214. The van der Waals surface area contributed by atoms with Crippen molar-refractivity contribution in [3.8, 4) is 0 Å². The summed E-state index contributed by atoms with van der Waals surface area (Å²) in [6, 6.07) is 14.2. The fraction of sp³-hybridized carbons (Fsp3) is 0.125. The van der Waals surface area contributed by atoms with E-state index in [4.69, 9.17) is 5.73 Å². The van der Waals surface area contributed by atoms with Crippen LogP contribution in [-0.4, -0.2) is 15.7 Å². The molecule has 0 fully saturated rings. The number of carbonyl (C=O) groups excluding carboxylic acids is 1. The summed E-state index contributed by atoms with van der Waals surface area (Å²) in [5, 5.41) is 9.16. The maximum Gasteiger partial charge on any atom is 0.256 e. The van der Waals surface area contributed by atoms with Gasteiger partial charge in [0.15, 0.2) is 0 Å². The minimum atomic E-state index is -0.214. The number of aryl methyl sites for hydroxylation is 1. The second-order valence-corrected chi connectivity index (χ2v) is 4.89. The van der Waals surface area contributed by atoms with Crippen molar-refractivity contribution in [2.75, 3.05) is 5.73 Å². The number of amides is 1. The van der Waals surface area contributed by atoms with E-state index in [1.165, 1.54) is 10.9 Å². The molecule has 5 heteroatoms. The van der Waals surface area contributed by atoms with Crippen LogP contribution in [0.1, 0.15) is 15.9 Å². The topological polar surface area (TPSA) is 72.9 Å². The molecule has 0 bridgehead atoms. The smallest absolute Gasteiger partial charge is 0.256 e. The van der Waals surface area contributed by atoms with Gasteiger partial charge in [-0.05, 0) is 16.3 Å². The molecule has 1 amide bonds. The third-order valence-corrected chi connectivity index (χ3v) is 3.55. The molecule has 2 aromatic carbocycles. The van der Waals surface area contributed by atoms with Crippen molar-refractivity contribution >= 4 is 22.5 Å². The Kier molecular flexibility index (Phi) is 3.31.